The van der Waals surface area contributed by atoms with Gasteiger partial charge in [-0.3, -0.25) is 0 Å². The number of hydrogen-bond acceptors (Lipinski definition) is 5. The van der Waals surface area contributed by atoms with E-state index < -0.39 is 0 Å². The maximum absolute atomic E-state index is 9.48. The van der Waals surface area contributed by atoms with Crippen molar-refractivity contribution in [2.24, 2.45) is 0 Å². The molecule has 0 amide bonds. The molecule has 0 heterocycles. The van der Waals surface area contributed by atoms with E-state index in [-0.39, 0.29) is 5.75 Å². The van der Waals surface area contributed by atoms with E-state index in [0.29, 0.717) is 28.7 Å². The fourth-order valence-electron chi connectivity index (χ4n) is 1.86. The number of phenols is 1. The Morgan fingerprint density at radius 3 is 2.10 bits per heavy atom. The standard InChI is InChI=1S/C15H17NO4/c1-9-13(18-2)7-11(8-14(9)19-3)20-15-6-10(17)4-5-12(15)16/h4-8,17H,16H2,1-3H3. The van der Waals surface area contributed by atoms with Crippen LogP contribution in [-0.4, -0.2) is 19.3 Å². The van der Waals surface area contributed by atoms with E-state index in [1.807, 2.05) is 6.92 Å². The molecule has 0 saturated heterocycles. The normalized spacial score (nSPS) is 10.2. The van der Waals surface area contributed by atoms with Crippen molar-refractivity contribution in [2.45, 2.75) is 6.92 Å². The lowest BCUT2D eigenvalue weighted by Crippen LogP contribution is -1.96. The second-order valence-electron chi connectivity index (χ2n) is 4.28. The van der Waals surface area contributed by atoms with Crippen LogP contribution in [0.25, 0.3) is 0 Å². The van der Waals surface area contributed by atoms with Gasteiger partial charge in [-0.2, -0.15) is 0 Å². The number of methoxy groups -OCH3 is 2. The van der Waals surface area contributed by atoms with Crippen LogP contribution in [0.15, 0.2) is 30.3 Å². The first kappa shape index (κ1) is 13.9. The molecule has 5 nitrogen and oxygen atoms in total. The van der Waals surface area contributed by atoms with E-state index in [9.17, 15) is 5.11 Å². The van der Waals surface area contributed by atoms with Gasteiger partial charge < -0.3 is 25.1 Å². The third-order valence-electron chi connectivity index (χ3n) is 2.95. The number of anilines is 1. The van der Waals surface area contributed by atoms with E-state index in [4.69, 9.17) is 19.9 Å². The van der Waals surface area contributed by atoms with Gasteiger partial charge in [-0.25, -0.2) is 0 Å². The van der Waals surface area contributed by atoms with Crippen LogP contribution in [0.5, 0.6) is 28.7 Å². The zero-order valence-electron chi connectivity index (χ0n) is 11.6. The van der Waals surface area contributed by atoms with Crippen LogP contribution >= 0.6 is 0 Å². The largest absolute Gasteiger partial charge is 0.508 e. The fourth-order valence-corrected chi connectivity index (χ4v) is 1.86. The SMILES string of the molecule is COc1cc(Oc2cc(O)ccc2N)cc(OC)c1C. The molecule has 3 N–H and O–H groups in total. The molecule has 0 aromatic heterocycles. The second-order valence-corrected chi connectivity index (χ2v) is 4.28. The Hall–Kier alpha value is -2.56. The summed E-state index contributed by atoms with van der Waals surface area (Å²) >= 11 is 0. The van der Waals surface area contributed by atoms with Crippen molar-refractivity contribution >= 4 is 5.69 Å². The van der Waals surface area contributed by atoms with Gasteiger partial charge in [-0.15, -0.1) is 0 Å². The molecule has 0 atom stereocenters. The van der Waals surface area contributed by atoms with Gasteiger partial charge in [0.05, 0.1) is 19.9 Å². The number of aromatic hydroxyl groups is 1. The van der Waals surface area contributed by atoms with E-state index in [0.717, 1.165) is 5.56 Å². The van der Waals surface area contributed by atoms with E-state index >= 15 is 0 Å². The highest BCUT2D eigenvalue weighted by atomic mass is 16.5. The van der Waals surface area contributed by atoms with Crippen LogP contribution in [0.4, 0.5) is 5.69 Å². The summed E-state index contributed by atoms with van der Waals surface area (Å²) in [5.41, 5.74) is 7.12. The molecule has 2 aromatic rings. The molecule has 0 aliphatic heterocycles. The summed E-state index contributed by atoms with van der Waals surface area (Å²) in [4.78, 5) is 0. The highest BCUT2D eigenvalue weighted by Gasteiger charge is 2.11. The molecule has 5 heteroatoms. The summed E-state index contributed by atoms with van der Waals surface area (Å²) < 4.78 is 16.2. The predicted octanol–water partition coefficient (Wildman–Crippen LogP) is 3.09. The summed E-state index contributed by atoms with van der Waals surface area (Å²) in [6.45, 7) is 1.89. The minimum atomic E-state index is 0.0836. The molecule has 0 aliphatic carbocycles. The molecular formula is C15H17NO4. The Morgan fingerprint density at radius 2 is 1.55 bits per heavy atom. The Morgan fingerprint density at radius 1 is 0.950 bits per heavy atom. The zero-order valence-corrected chi connectivity index (χ0v) is 11.6. The Kier molecular flexibility index (Phi) is 3.89. The molecule has 0 fully saturated rings. The average Bonchev–Trinajstić information content (AvgIpc) is 2.44. The quantitative estimate of drug-likeness (QED) is 0.662. The van der Waals surface area contributed by atoms with Crippen LogP contribution in [0, 0.1) is 6.92 Å². The molecule has 106 valence electrons. The molecule has 2 rings (SSSR count). The van der Waals surface area contributed by atoms with Crippen molar-refractivity contribution in [2.75, 3.05) is 20.0 Å². The molecule has 0 aliphatic rings. The molecule has 2 aromatic carbocycles. The second kappa shape index (κ2) is 5.61. The number of ether oxygens (including phenoxy) is 3. The lowest BCUT2D eigenvalue weighted by molar-refractivity contribution is 0.381. The number of hydrogen-bond donors (Lipinski definition) is 2. The highest BCUT2D eigenvalue weighted by Crippen LogP contribution is 2.37. The van der Waals surface area contributed by atoms with Crippen molar-refractivity contribution in [1.29, 1.82) is 0 Å². The molecular weight excluding hydrogens is 258 g/mol. The lowest BCUT2D eigenvalue weighted by atomic mass is 10.2. The third kappa shape index (κ3) is 2.71. The van der Waals surface area contributed by atoms with E-state index in [1.165, 1.54) is 12.1 Å². The number of benzene rings is 2. The maximum Gasteiger partial charge on any atom is 0.153 e. The number of nitrogens with two attached hydrogens (primary N) is 1. The molecule has 0 bridgehead atoms. The Bertz CT molecular complexity index is 600. The van der Waals surface area contributed by atoms with Gasteiger partial charge in [0.1, 0.15) is 23.0 Å². The van der Waals surface area contributed by atoms with Crippen LogP contribution in [0.2, 0.25) is 0 Å². The van der Waals surface area contributed by atoms with Gasteiger partial charge in [0.2, 0.25) is 0 Å². The summed E-state index contributed by atoms with van der Waals surface area (Å²) in [5, 5.41) is 9.48. The molecule has 0 unspecified atom stereocenters. The first-order chi connectivity index (χ1) is 9.55. The number of nitrogen functional groups attached to an aromatic ring is 1. The maximum atomic E-state index is 9.48. The van der Waals surface area contributed by atoms with Crippen LogP contribution in [-0.2, 0) is 0 Å². The zero-order chi connectivity index (χ0) is 14.7. The third-order valence-corrected chi connectivity index (χ3v) is 2.95. The molecule has 20 heavy (non-hydrogen) atoms. The highest BCUT2D eigenvalue weighted by molar-refractivity contribution is 5.58. The predicted molar refractivity (Wildman–Crippen MR) is 76.9 cm³/mol. The molecule has 0 spiro atoms. The van der Waals surface area contributed by atoms with Gasteiger partial charge in [0, 0.05) is 23.8 Å². The van der Waals surface area contributed by atoms with Gasteiger partial charge in [-0.1, -0.05) is 0 Å². The first-order valence-corrected chi connectivity index (χ1v) is 6.04. The van der Waals surface area contributed by atoms with Crippen LogP contribution < -0.4 is 19.9 Å². The number of phenolic OH excluding ortho intramolecular Hbond substituents is 1. The van der Waals surface area contributed by atoms with Crippen LogP contribution in [0.3, 0.4) is 0 Å². The van der Waals surface area contributed by atoms with Crippen molar-refractivity contribution in [1.82, 2.24) is 0 Å². The summed E-state index contributed by atoms with van der Waals surface area (Å²) in [5.74, 6) is 2.27. The topological polar surface area (TPSA) is 73.9 Å². The minimum absolute atomic E-state index is 0.0836. The van der Waals surface area contributed by atoms with Gasteiger partial charge in [0.15, 0.2) is 5.75 Å². The molecule has 0 radical (unpaired) electrons. The summed E-state index contributed by atoms with van der Waals surface area (Å²) in [7, 11) is 3.16. The summed E-state index contributed by atoms with van der Waals surface area (Å²) in [6, 6.07) is 8.00. The Labute approximate surface area is 117 Å². The fraction of sp³-hybridized carbons (Fsp3) is 0.200. The Balaban J connectivity index is 2.40. The minimum Gasteiger partial charge on any atom is -0.508 e. The monoisotopic (exact) mass is 275 g/mol. The van der Waals surface area contributed by atoms with Crippen molar-refractivity contribution in [3.63, 3.8) is 0 Å². The van der Waals surface area contributed by atoms with Crippen LogP contribution in [0.1, 0.15) is 5.56 Å². The van der Waals surface area contributed by atoms with Gasteiger partial charge in [0.25, 0.3) is 0 Å². The van der Waals surface area contributed by atoms with Gasteiger partial charge in [-0.05, 0) is 19.1 Å². The smallest absolute Gasteiger partial charge is 0.153 e. The summed E-state index contributed by atoms with van der Waals surface area (Å²) in [6.07, 6.45) is 0. The van der Waals surface area contributed by atoms with Gasteiger partial charge >= 0.3 is 0 Å². The van der Waals surface area contributed by atoms with E-state index in [2.05, 4.69) is 0 Å². The van der Waals surface area contributed by atoms with Crippen molar-refractivity contribution in [3.05, 3.63) is 35.9 Å². The number of rotatable bonds is 4. The van der Waals surface area contributed by atoms with Crippen molar-refractivity contribution < 1.29 is 19.3 Å². The average molecular weight is 275 g/mol. The lowest BCUT2D eigenvalue weighted by Gasteiger charge is -2.14. The first-order valence-electron chi connectivity index (χ1n) is 6.04. The van der Waals surface area contributed by atoms with E-state index in [1.54, 1.807) is 32.4 Å². The van der Waals surface area contributed by atoms with Crippen molar-refractivity contribution in [3.8, 4) is 28.7 Å². The molecule has 0 saturated carbocycles.